The van der Waals surface area contributed by atoms with Gasteiger partial charge in [-0.25, -0.2) is 0 Å². The van der Waals surface area contributed by atoms with Crippen molar-refractivity contribution in [3.63, 3.8) is 0 Å². The molecular weight excluding hydrogens is 417 g/mol. The van der Waals surface area contributed by atoms with E-state index in [-0.39, 0.29) is 0 Å². The second-order valence-electron chi connectivity index (χ2n) is 11.8. The quantitative estimate of drug-likeness (QED) is 0.311. The summed E-state index contributed by atoms with van der Waals surface area (Å²) in [4.78, 5) is 9.58. The molecule has 176 valence electrons. The molecule has 0 N–H and O–H groups in total. The first kappa shape index (κ1) is 29.4. The van der Waals surface area contributed by atoms with E-state index in [1.165, 1.54) is 47.2 Å². The summed E-state index contributed by atoms with van der Waals surface area (Å²) in [6.45, 7) is 15.0. The summed E-state index contributed by atoms with van der Waals surface area (Å²) >= 11 is -2.07. The maximum absolute atomic E-state index is 2.52. The van der Waals surface area contributed by atoms with Crippen molar-refractivity contribution in [1.29, 1.82) is 0 Å². The van der Waals surface area contributed by atoms with E-state index in [1.807, 2.05) is 0 Å². The molecule has 0 fully saturated rings. The number of nitrogens with zero attached hydrogens (tertiary/aromatic N) is 4. The Balaban J connectivity index is 5.71. The van der Waals surface area contributed by atoms with Crippen molar-refractivity contribution < 1.29 is 0 Å². The van der Waals surface area contributed by atoms with Gasteiger partial charge in [0.25, 0.3) is 0 Å². The summed E-state index contributed by atoms with van der Waals surface area (Å²) < 4.78 is 0. The second kappa shape index (κ2) is 14.4. The molecule has 0 bridgehead atoms. The van der Waals surface area contributed by atoms with Crippen molar-refractivity contribution >= 4 is 13.3 Å². The minimum atomic E-state index is -2.07. The monoisotopic (exact) mass is 474 g/mol. The Bertz CT molecular complexity index is 334. The fourth-order valence-corrected chi connectivity index (χ4v) is 21.8. The molecule has 0 aliphatic heterocycles. The van der Waals surface area contributed by atoms with E-state index in [4.69, 9.17) is 0 Å². The average molecular weight is 473 g/mol. The first-order valence-electron chi connectivity index (χ1n) is 11.8. The molecule has 0 aliphatic rings. The predicted octanol–water partition coefficient (Wildman–Crippen LogP) is 4.23. The Morgan fingerprint density at radius 2 is 0.586 bits per heavy atom. The molecule has 4 unspecified atom stereocenters. The third-order valence-corrected chi connectivity index (χ3v) is 18.9. The predicted molar refractivity (Wildman–Crippen MR) is 136 cm³/mol. The van der Waals surface area contributed by atoms with E-state index in [1.54, 1.807) is 0 Å². The van der Waals surface area contributed by atoms with Crippen LogP contribution in [-0.2, 0) is 0 Å². The maximum atomic E-state index is 2.52. The van der Waals surface area contributed by atoms with Crippen LogP contribution in [0.3, 0.4) is 0 Å². The molecule has 5 heteroatoms. The van der Waals surface area contributed by atoms with E-state index in [0.29, 0.717) is 0 Å². The Kier molecular flexibility index (Phi) is 14.6. The van der Waals surface area contributed by atoms with Gasteiger partial charge in [0, 0.05) is 0 Å². The molecule has 0 heterocycles. The number of rotatable bonds is 16. The van der Waals surface area contributed by atoms with Gasteiger partial charge in [0.05, 0.1) is 0 Å². The Hall–Kier alpha value is 0.383. The third kappa shape index (κ3) is 14.9. The summed E-state index contributed by atoms with van der Waals surface area (Å²) in [5, 5.41) is 6.13. The van der Waals surface area contributed by atoms with Crippen LogP contribution in [0.1, 0.15) is 27.7 Å². The molecule has 0 saturated heterocycles. The molecule has 0 rings (SSSR count). The van der Waals surface area contributed by atoms with Crippen LogP contribution in [0.2, 0.25) is 21.0 Å². The van der Waals surface area contributed by atoms with Crippen LogP contribution in [0.5, 0.6) is 0 Å². The molecule has 0 aromatic carbocycles. The molecule has 0 radical (unpaired) electrons. The van der Waals surface area contributed by atoms with Crippen molar-refractivity contribution in [1.82, 2.24) is 19.6 Å². The molecule has 0 amide bonds. The molecule has 0 aromatic heterocycles. The van der Waals surface area contributed by atoms with E-state index >= 15 is 0 Å². The van der Waals surface area contributed by atoms with Gasteiger partial charge in [-0.2, -0.15) is 0 Å². The molecule has 0 aromatic rings. The van der Waals surface area contributed by atoms with Crippen molar-refractivity contribution in [2.45, 2.75) is 48.7 Å². The van der Waals surface area contributed by atoms with Crippen molar-refractivity contribution in [2.75, 3.05) is 82.6 Å². The van der Waals surface area contributed by atoms with Crippen LogP contribution in [0.25, 0.3) is 0 Å². The molecule has 0 saturated carbocycles. The van der Waals surface area contributed by atoms with Crippen LogP contribution in [0.4, 0.5) is 0 Å². The van der Waals surface area contributed by atoms with Crippen molar-refractivity contribution in [2.24, 2.45) is 23.7 Å². The Morgan fingerprint density at radius 3 is 0.724 bits per heavy atom. The van der Waals surface area contributed by atoms with Gasteiger partial charge in [-0.3, -0.25) is 0 Å². The van der Waals surface area contributed by atoms with Crippen LogP contribution in [0, 0.1) is 23.7 Å². The van der Waals surface area contributed by atoms with E-state index in [0.717, 1.165) is 23.7 Å². The summed E-state index contributed by atoms with van der Waals surface area (Å²) in [6, 6.07) is 0. The Morgan fingerprint density at radius 1 is 0.414 bits per heavy atom. The van der Waals surface area contributed by atoms with Crippen LogP contribution in [0.15, 0.2) is 0 Å². The molecule has 4 nitrogen and oxygen atoms in total. The van der Waals surface area contributed by atoms with E-state index in [2.05, 4.69) is 104 Å². The van der Waals surface area contributed by atoms with Gasteiger partial charge in [-0.15, -0.1) is 0 Å². The zero-order chi connectivity index (χ0) is 22.8. The number of hydrogen-bond donors (Lipinski definition) is 0. The SMILES string of the molecule is CC(CN(C)C)[CH2][Ge]([CH2]C(C)CN(C)C)([CH2]C(C)CN(C)C)[CH2]C(C)CN(C)C. The van der Waals surface area contributed by atoms with Gasteiger partial charge in [-0.05, 0) is 0 Å². The zero-order valence-electron chi connectivity index (χ0n) is 22.3. The van der Waals surface area contributed by atoms with Gasteiger partial charge in [0.15, 0.2) is 0 Å². The van der Waals surface area contributed by atoms with Gasteiger partial charge >= 0.3 is 188 Å². The fraction of sp³-hybridized carbons (Fsp3) is 1.00. The normalized spacial score (nSPS) is 19.0. The summed E-state index contributed by atoms with van der Waals surface area (Å²) in [5.41, 5.74) is 0. The summed E-state index contributed by atoms with van der Waals surface area (Å²) in [7, 11) is 17.9. The fourth-order valence-electron chi connectivity index (χ4n) is 6.21. The summed E-state index contributed by atoms with van der Waals surface area (Å²) in [6.07, 6.45) is 0. The molecule has 0 spiro atoms. The first-order valence-corrected chi connectivity index (χ1v) is 17.8. The van der Waals surface area contributed by atoms with Gasteiger partial charge in [-0.1, -0.05) is 0 Å². The molecule has 4 atom stereocenters. The second-order valence-corrected chi connectivity index (χ2v) is 21.5. The summed E-state index contributed by atoms with van der Waals surface area (Å²) in [5.74, 6) is 3.26. The van der Waals surface area contributed by atoms with Gasteiger partial charge in [0.2, 0.25) is 0 Å². The van der Waals surface area contributed by atoms with Gasteiger partial charge < -0.3 is 0 Å². The van der Waals surface area contributed by atoms with Crippen LogP contribution < -0.4 is 0 Å². The van der Waals surface area contributed by atoms with E-state index in [9.17, 15) is 0 Å². The Labute approximate surface area is 187 Å². The van der Waals surface area contributed by atoms with Gasteiger partial charge in [0.1, 0.15) is 0 Å². The standard InChI is InChI=1S/C24H56GeN4/c1-21(17-26(5)6)13-25(14-22(2)18-27(7)8,15-23(3)19-28(9)10)16-24(4)20-29(11)12/h21-24H,13-20H2,1-12H3. The average Bonchev–Trinajstić information content (AvgIpc) is 2.41. The molecule has 29 heavy (non-hydrogen) atoms. The zero-order valence-corrected chi connectivity index (χ0v) is 24.4. The minimum absolute atomic E-state index is 0.815. The van der Waals surface area contributed by atoms with E-state index < -0.39 is 13.3 Å². The van der Waals surface area contributed by atoms with Crippen molar-refractivity contribution in [3.05, 3.63) is 0 Å². The number of hydrogen-bond acceptors (Lipinski definition) is 4. The van der Waals surface area contributed by atoms with Crippen LogP contribution in [-0.4, -0.2) is 115 Å². The van der Waals surface area contributed by atoms with Crippen LogP contribution >= 0.6 is 0 Å². The molecular formula is C24H56GeN4. The van der Waals surface area contributed by atoms with Crippen molar-refractivity contribution in [3.8, 4) is 0 Å². The molecule has 0 aliphatic carbocycles. The third-order valence-electron chi connectivity index (χ3n) is 5.83. The first-order chi connectivity index (χ1) is 13.2. The topological polar surface area (TPSA) is 13.0 Å².